The van der Waals surface area contributed by atoms with E-state index in [1.807, 2.05) is 0 Å². The number of hydrogen-bond acceptors (Lipinski definition) is 2. The molecule has 0 fully saturated rings. The molecule has 0 aliphatic rings. The summed E-state index contributed by atoms with van der Waals surface area (Å²) in [7, 11) is 1.59. The van der Waals surface area contributed by atoms with Gasteiger partial charge in [0, 0.05) is 0 Å². The molecule has 1 N–H and O–H groups in total. The summed E-state index contributed by atoms with van der Waals surface area (Å²) in [6.07, 6.45) is 0. The van der Waals surface area contributed by atoms with E-state index in [1.54, 1.807) is 7.11 Å². The highest BCUT2D eigenvalue weighted by Gasteiger charge is 2.13. The summed E-state index contributed by atoms with van der Waals surface area (Å²) in [6.45, 7) is 3.62. The molecular weight excluding hydrogens is 141 g/mol. The molecule has 0 spiro atoms. The Morgan fingerprint density at radius 1 is 1.62 bits per heavy atom. The van der Waals surface area contributed by atoms with Crippen LogP contribution >= 0.6 is 6.85 Å². The van der Waals surface area contributed by atoms with Gasteiger partial charge in [0.1, 0.15) is 5.66 Å². The van der Waals surface area contributed by atoms with Crippen molar-refractivity contribution in [3.05, 3.63) is 0 Å². The van der Waals surface area contributed by atoms with Crippen molar-refractivity contribution in [2.24, 2.45) is 0 Å². The Bertz CT molecular complexity index is 86.1. The largest absolute Gasteiger partial charge is 0.292 e. The lowest BCUT2D eigenvalue weighted by Crippen LogP contribution is -2.04. The van der Waals surface area contributed by atoms with Crippen molar-refractivity contribution in [1.82, 2.24) is 5.25 Å². The normalized spacial score (nSPS) is 12.2. The first-order chi connectivity index (χ1) is 3.68. The van der Waals surface area contributed by atoms with E-state index >= 15 is 0 Å². The fourth-order valence-electron chi connectivity index (χ4n) is 0.195. The predicted molar refractivity (Wildman–Crippen MR) is 39.6 cm³/mol. The maximum Gasteiger partial charge on any atom is 0.292 e. The monoisotopic (exact) mass is 152 g/mol. The van der Waals surface area contributed by atoms with Crippen molar-refractivity contribution in [2.75, 3.05) is 7.11 Å². The van der Waals surface area contributed by atoms with Crippen LogP contribution in [0.5, 0.6) is 0 Å². The Morgan fingerprint density at radius 2 is 2.12 bits per heavy atom. The summed E-state index contributed by atoms with van der Waals surface area (Å²) in [5.41, 5.74) is 0.514. The molecule has 0 aromatic heterocycles. The van der Waals surface area contributed by atoms with Gasteiger partial charge < -0.3 is 0 Å². The van der Waals surface area contributed by atoms with Crippen LogP contribution in [-0.4, -0.2) is 12.8 Å². The third kappa shape index (κ3) is 3.44. The first-order valence-electron chi connectivity index (χ1n) is 2.43. The smallest absolute Gasteiger partial charge is 0.266 e. The van der Waals surface area contributed by atoms with E-state index in [0.29, 0.717) is 5.66 Å². The molecule has 0 amide bonds. The molecule has 2 nitrogen and oxygen atoms in total. The SMILES string of the molecule is CON[P+](=S)C(C)C. The standard InChI is InChI=1S/C4H11NOPS/c1-4(2)7(8)5-6-3/h4H,1-3H3,(H,5,8)/q+1. The van der Waals surface area contributed by atoms with E-state index in [9.17, 15) is 0 Å². The molecule has 8 heavy (non-hydrogen) atoms. The van der Waals surface area contributed by atoms with Gasteiger partial charge in [-0.2, -0.15) is 0 Å². The lowest BCUT2D eigenvalue weighted by Gasteiger charge is -1.91. The number of nitrogens with one attached hydrogen (secondary N) is 1. The van der Waals surface area contributed by atoms with E-state index in [-0.39, 0.29) is 0 Å². The van der Waals surface area contributed by atoms with E-state index < -0.39 is 6.85 Å². The van der Waals surface area contributed by atoms with Crippen molar-refractivity contribution in [1.29, 1.82) is 0 Å². The van der Waals surface area contributed by atoms with Crippen molar-refractivity contribution in [2.45, 2.75) is 19.5 Å². The summed E-state index contributed by atoms with van der Waals surface area (Å²) < 4.78 is 0. The van der Waals surface area contributed by atoms with Crippen LogP contribution in [0.2, 0.25) is 0 Å². The van der Waals surface area contributed by atoms with Gasteiger partial charge in [-0.1, -0.05) is 0 Å². The van der Waals surface area contributed by atoms with Crippen LogP contribution in [0.1, 0.15) is 13.8 Å². The first kappa shape index (κ1) is 8.44. The summed E-state index contributed by atoms with van der Waals surface area (Å²) in [4.78, 5) is 4.64. The Hall–Kier alpha value is 0.440. The van der Waals surface area contributed by atoms with Gasteiger partial charge in [0.15, 0.2) is 11.8 Å². The average molecular weight is 152 g/mol. The molecule has 0 aromatic rings. The van der Waals surface area contributed by atoms with Gasteiger partial charge in [-0.25, -0.2) is 0 Å². The Morgan fingerprint density at radius 3 is 2.25 bits per heavy atom. The minimum Gasteiger partial charge on any atom is -0.266 e. The quantitative estimate of drug-likeness (QED) is 0.488. The lowest BCUT2D eigenvalue weighted by atomic mass is 10.6. The molecule has 0 saturated heterocycles. The third-order valence-electron chi connectivity index (χ3n) is 0.650. The van der Waals surface area contributed by atoms with Crippen LogP contribution in [0.4, 0.5) is 0 Å². The third-order valence-corrected chi connectivity index (χ3v) is 3.44. The van der Waals surface area contributed by atoms with Crippen LogP contribution in [0, 0.1) is 0 Å². The topological polar surface area (TPSA) is 21.3 Å². The molecule has 4 heteroatoms. The van der Waals surface area contributed by atoms with Crippen LogP contribution in [0.3, 0.4) is 0 Å². The zero-order valence-electron chi connectivity index (χ0n) is 5.34. The molecule has 0 aliphatic heterocycles. The summed E-state index contributed by atoms with van der Waals surface area (Å²) >= 11 is 4.99. The highest BCUT2D eigenvalue weighted by molar-refractivity contribution is 8.04. The van der Waals surface area contributed by atoms with Crippen LogP contribution < -0.4 is 5.25 Å². The fraction of sp³-hybridized carbons (Fsp3) is 1.00. The van der Waals surface area contributed by atoms with Gasteiger partial charge in [-0.3, -0.25) is 4.84 Å². The maximum absolute atomic E-state index is 4.99. The van der Waals surface area contributed by atoms with Crippen molar-refractivity contribution >= 4 is 18.7 Å². The molecule has 1 unspecified atom stereocenters. The highest BCUT2D eigenvalue weighted by Crippen LogP contribution is 2.21. The fourth-order valence-corrected chi connectivity index (χ4v) is 0.810. The van der Waals surface area contributed by atoms with Gasteiger partial charge in [0.25, 0.3) is 6.85 Å². The Kier molecular flexibility index (Phi) is 4.57. The minimum atomic E-state index is -0.529. The van der Waals surface area contributed by atoms with Gasteiger partial charge in [0.2, 0.25) is 0 Å². The lowest BCUT2D eigenvalue weighted by molar-refractivity contribution is 0.159. The van der Waals surface area contributed by atoms with E-state index in [1.165, 1.54) is 0 Å². The number of rotatable bonds is 3. The second kappa shape index (κ2) is 4.33. The second-order valence-electron chi connectivity index (χ2n) is 1.71. The molecule has 0 aliphatic carbocycles. The molecule has 0 aromatic carbocycles. The molecule has 0 rings (SSSR count). The molecular formula is C4H11NOPS+. The van der Waals surface area contributed by atoms with Crippen molar-refractivity contribution in [3.8, 4) is 0 Å². The van der Waals surface area contributed by atoms with Gasteiger partial charge in [0.05, 0.1) is 7.11 Å². The highest BCUT2D eigenvalue weighted by atomic mass is 32.4. The zero-order valence-corrected chi connectivity index (χ0v) is 7.05. The minimum absolute atomic E-state index is 0.514. The van der Waals surface area contributed by atoms with Gasteiger partial charge >= 0.3 is 0 Å². The molecule has 0 radical (unpaired) electrons. The van der Waals surface area contributed by atoms with Gasteiger partial charge in [-0.15, -0.1) is 0 Å². The van der Waals surface area contributed by atoms with E-state index in [0.717, 1.165) is 0 Å². The molecule has 1 atom stereocenters. The molecule has 0 heterocycles. The summed E-state index contributed by atoms with van der Waals surface area (Å²) in [5.74, 6) is 0. The van der Waals surface area contributed by atoms with Crippen molar-refractivity contribution in [3.63, 3.8) is 0 Å². The van der Waals surface area contributed by atoms with Crippen molar-refractivity contribution < 1.29 is 4.84 Å². The second-order valence-corrected chi connectivity index (χ2v) is 4.76. The molecule has 48 valence electrons. The number of hydrogen-bond donors (Lipinski definition) is 1. The predicted octanol–water partition coefficient (Wildman–Crippen LogP) is 1.40. The van der Waals surface area contributed by atoms with Crippen LogP contribution in [0.25, 0.3) is 0 Å². The zero-order chi connectivity index (χ0) is 6.57. The summed E-state index contributed by atoms with van der Waals surface area (Å²) in [6, 6.07) is 0. The van der Waals surface area contributed by atoms with E-state index in [2.05, 4.69) is 23.9 Å². The summed E-state index contributed by atoms with van der Waals surface area (Å²) in [5, 5.41) is 2.72. The Balaban J connectivity index is 3.33. The van der Waals surface area contributed by atoms with Gasteiger partial charge in [-0.05, 0) is 19.1 Å². The molecule has 0 bridgehead atoms. The maximum atomic E-state index is 4.99. The molecule has 0 saturated carbocycles. The Labute approximate surface area is 56.0 Å². The van der Waals surface area contributed by atoms with E-state index in [4.69, 9.17) is 11.8 Å². The van der Waals surface area contributed by atoms with Crippen LogP contribution in [0.15, 0.2) is 0 Å². The first-order valence-corrected chi connectivity index (χ1v) is 4.86. The average Bonchev–Trinajstić information content (AvgIpc) is 1.67. The van der Waals surface area contributed by atoms with Crippen LogP contribution in [-0.2, 0) is 16.6 Å².